The average Bonchev–Trinajstić information content (AvgIpc) is 3.19. The number of hydrogen-bond donors (Lipinski definition) is 1. The second-order valence-electron chi connectivity index (χ2n) is 5.43. The molecule has 1 atom stereocenters. The average molecular weight is 344 g/mol. The van der Waals surface area contributed by atoms with Crippen molar-refractivity contribution >= 4 is 22.9 Å². The molecular weight excluding hydrogens is 324 g/mol. The minimum absolute atomic E-state index is 0.0326. The maximum Gasteiger partial charge on any atom is 0.226 e. The van der Waals surface area contributed by atoms with E-state index in [2.05, 4.69) is 15.3 Å². The molecule has 6 nitrogen and oxygen atoms in total. The van der Waals surface area contributed by atoms with Crippen LogP contribution in [0.3, 0.4) is 0 Å². The van der Waals surface area contributed by atoms with Crippen LogP contribution in [0.4, 0.5) is 0 Å². The zero-order valence-electron chi connectivity index (χ0n) is 13.7. The summed E-state index contributed by atoms with van der Waals surface area (Å²) in [6, 6.07) is 5.82. The highest BCUT2D eigenvalue weighted by molar-refractivity contribution is 7.09. The van der Waals surface area contributed by atoms with Crippen LogP contribution in [0.5, 0.6) is 0 Å². The van der Waals surface area contributed by atoms with Gasteiger partial charge in [-0.25, -0.2) is 9.97 Å². The quantitative estimate of drug-likeness (QED) is 0.715. The molecule has 1 amide bonds. The molecule has 0 saturated carbocycles. The van der Waals surface area contributed by atoms with E-state index in [0.717, 1.165) is 22.0 Å². The highest BCUT2D eigenvalue weighted by Crippen LogP contribution is 2.21. The van der Waals surface area contributed by atoms with E-state index in [-0.39, 0.29) is 18.4 Å². The molecule has 0 fully saturated rings. The first kappa shape index (κ1) is 16.6. The molecule has 0 aliphatic heterocycles. The molecule has 3 heterocycles. The van der Waals surface area contributed by atoms with E-state index in [1.807, 2.05) is 54.2 Å². The van der Waals surface area contributed by atoms with Crippen LogP contribution < -0.4 is 5.32 Å². The van der Waals surface area contributed by atoms with Crippen LogP contribution in [0.1, 0.15) is 36.3 Å². The summed E-state index contributed by atoms with van der Waals surface area (Å²) in [4.78, 5) is 21.0. The van der Waals surface area contributed by atoms with E-state index in [1.165, 1.54) is 11.3 Å². The summed E-state index contributed by atoms with van der Waals surface area (Å²) in [6.45, 7) is 4.98. The first-order valence-electron chi connectivity index (χ1n) is 7.91. The summed E-state index contributed by atoms with van der Waals surface area (Å²) in [6.07, 6.45) is 4.09. The zero-order valence-corrected chi connectivity index (χ0v) is 14.5. The van der Waals surface area contributed by atoms with Crippen molar-refractivity contribution < 1.29 is 9.53 Å². The van der Waals surface area contributed by atoms with Crippen LogP contribution in [-0.4, -0.2) is 26.9 Å². The monoisotopic (exact) mass is 344 g/mol. The SMILES string of the molecule is CCO[C@H](C)c1nc(CC(=O)NCc2cn3ccccc3n2)cs1. The predicted octanol–water partition coefficient (Wildman–Crippen LogP) is 2.75. The van der Waals surface area contributed by atoms with Gasteiger partial charge in [0.15, 0.2) is 0 Å². The number of nitrogens with one attached hydrogen (secondary N) is 1. The third-order valence-electron chi connectivity index (χ3n) is 3.56. The van der Waals surface area contributed by atoms with Crippen LogP contribution in [0.2, 0.25) is 0 Å². The first-order valence-corrected chi connectivity index (χ1v) is 8.79. The van der Waals surface area contributed by atoms with E-state index in [1.54, 1.807) is 0 Å². The number of fused-ring (bicyclic) bond motifs is 1. The molecule has 24 heavy (non-hydrogen) atoms. The van der Waals surface area contributed by atoms with Gasteiger partial charge in [-0.15, -0.1) is 11.3 Å². The highest BCUT2D eigenvalue weighted by Gasteiger charge is 2.13. The second-order valence-corrected chi connectivity index (χ2v) is 6.32. The van der Waals surface area contributed by atoms with Gasteiger partial charge in [-0.2, -0.15) is 0 Å². The van der Waals surface area contributed by atoms with Crippen molar-refractivity contribution in [2.24, 2.45) is 0 Å². The fourth-order valence-corrected chi connectivity index (χ4v) is 3.22. The number of ether oxygens (including phenoxy) is 1. The lowest BCUT2D eigenvalue weighted by molar-refractivity contribution is -0.120. The number of rotatable bonds is 7. The lowest BCUT2D eigenvalue weighted by Gasteiger charge is -2.07. The minimum atomic E-state index is -0.0621. The Morgan fingerprint density at radius 2 is 2.25 bits per heavy atom. The van der Waals surface area contributed by atoms with Gasteiger partial charge < -0.3 is 14.5 Å². The van der Waals surface area contributed by atoms with Crippen LogP contribution in [0.15, 0.2) is 36.0 Å². The van der Waals surface area contributed by atoms with Crippen molar-refractivity contribution in [3.8, 4) is 0 Å². The standard InChI is InChI=1S/C17H20N4O2S/c1-3-23-12(2)17-20-13(11-24-17)8-16(22)18-9-14-10-21-7-5-4-6-15(21)19-14/h4-7,10-12H,3,8-9H2,1-2H3,(H,18,22)/t12-/m1/s1. The largest absolute Gasteiger partial charge is 0.372 e. The van der Waals surface area contributed by atoms with Gasteiger partial charge in [-0.1, -0.05) is 6.07 Å². The Kier molecular flexibility index (Phi) is 5.22. The van der Waals surface area contributed by atoms with Crippen molar-refractivity contribution in [2.45, 2.75) is 32.9 Å². The zero-order chi connectivity index (χ0) is 16.9. The molecule has 0 unspecified atom stereocenters. The third kappa shape index (κ3) is 3.98. The van der Waals surface area contributed by atoms with Gasteiger partial charge in [0.2, 0.25) is 5.91 Å². The van der Waals surface area contributed by atoms with Gasteiger partial charge in [-0.05, 0) is 26.0 Å². The number of imidazole rings is 1. The molecule has 0 radical (unpaired) electrons. The fraction of sp³-hybridized carbons (Fsp3) is 0.353. The molecule has 0 aliphatic rings. The maximum absolute atomic E-state index is 12.1. The van der Waals surface area contributed by atoms with Crippen LogP contribution in [0, 0.1) is 0 Å². The maximum atomic E-state index is 12.1. The lowest BCUT2D eigenvalue weighted by atomic mass is 10.3. The van der Waals surface area contributed by atoms with E-state index >= 15 is 0 Å². The molecule has 0 aliphatic carbocycles. The Balaban J connectivity index is 1.54. The Hall–Kier alpha value is -2.25. The molecule has 0 bridgehead atoms. The number of hydrogen-bond acceptors (Lipinski definition) is 5. The van der Waals surface area contributed by atoms with E-state index in [9.17, 15) is 4.79 Å². The van der Waals surface area contributed by atoms with Gasteiger partial charge >= 0.3 is 0 Å². The number of nitrogens with zero attached hydrogens (tertiary/aromatic N) is 3. The van der Waals surface area contributed by atoms with E-state index in [4.69, 9.17) is 4.74 Å². The van der Waals surface area contributed by atoms with Gasteiger partial charge in [0.25, 0.3) is 0 Å². The highest BCUT2D eigenvalue weighted by atomic mass is 32.1. The lowest BCUT2D eigenvalue weighted by Crippen LogP contribution is -2.24. The number of thiazole rings is 1. The number of carbonyl (C=O) groups excluding carboxylic acids is 1. The number of carbonyl (C=O) groups is 1. The molecule has 1 N–H and O–H groups in total. The molecular formula is C17H20N4O2S. The van der Waals surface area contributed by atoms with Gasteiger partial charge in [0.05, 0.1) is 24.4 Å². The summed E-state index contributed by atoms with van der Waals surface area (Å²) >= 11 is 1.53. The van der Waals surface area contributed by atoms with Crippen LogP contribution >= 0.6 is 11.3 Å². The molecule has 3 aromatic heterocycles. The Bertz CT molecular complexity index is 794. The van der Waals surface area contributed by atoms with Crippen molar-refractivity contribution in [3.63, 3.8) is 0 Å². The number of aromatic nitrogens is 3. The Morgan fingerprint density at radius 1 is 1.38 bits per heavy atom. The van der Waals surface area contributed by atoms with Crippen molar-refractivity contribution in [2.75, 3.05) is 6.61 Å². The summed E-state index contributed by atoms with van der Waals surface area (Å²) in [7, 11) is 0. The molecule has 126 valence electrons. The fourth-order valence-electron chi connectivity index (χ4n) is 2.40. The molecule has 3 rings (SSSR count). The van der Waals surface area contributed by atoms with Crippen LogP contribution in [0.25, 0.3) is 5.65 Å². The van der Waals surface area contributed by atoms with Crippen molar-refractivity contribution in [1.82, 2.24) is 19.7 Å². The molecule has 3 aromatic rings. The normalized spacial score (nSPS) is 12.4. The topological polar surface area (TPSA) is 68.5 Å². The van der Waals surface area contributed by atoms with Crippen LogP contribution in [-0.2, 0) is 22.5 Å². The molecule has 0 spiro atoms. The van der Waals surface area contributed by atoms with Gasteiger partial charge in [-0.3, -0.25) is 4.79 Å². The van der Waals surface area contributed by atoms with E-state index in [0.29, 0.717) is 13.2 Å². The molecule has 0 aromatic carbocycles. The summed E-state index contributed by atoms with van der Waals surface area (Å²) in [5.41, 5.74) is 2.48. The summed E-state index contributed by atoms with van der Waals surface area (Å²) < 4.78 is 7.45. The molecule has 7 heteroatoms. The summed E-state index contributed by atoms with van der Waals surface area (Å²) in [5, 5.41) is 5.71. The minimum Gasteiger partial charge on any atom is -0.372 e. The van der Waals surface area contributed by atoms with E-state index < -0.39 is 0 Å². The first-order chi connectivity index (χ1) is 11.7. The second kappa shape index (κ2) is 7.55. The Morgan fingerprint density at radius 3 is 3.04 bits per heavy atom. The predicted molar refractivity (Wildman–Crippen MR) is 92.9 cm³/mol. The number of amides is 1. The van der Waals surface area contributed by atoms with Gasteiger partial charge in [0.1, 0.15) is 16.8 Å². The third-order valence-corrected chi connectivity index (χ3v) is 4.61. The number of pyridine rings is 1. The van der Waals surface area contributed by atoms with Gasteiger partial charge in [0, 0.05) is 24.4 Å². The smallest absolute Gasteiger partial charge is 0.226 e. The van der Waals surface area contributed by atoms with Crippen molar-refractivity contribution in [1.29, 1.82) is 0 Å². The molecule has 0 saturated heterocycles. The summed E-state index contributed by atoms with van der Waals surface area (Å²) in [5.74, 6) is -0.0621. The Labute approximate surface area is 144 Å². The van der Waals surface area contributed by atoms with Crippen molar-refractivity contribution in [3.05, 3.63) is 52.4 Å².